The summed E-state index contributed by atoms with van der Waals surface area (Å²) in [5.41, 5.74) is 5.20. The molecule has 10 heteroatoms. The fourth-order valence-electron chi connectivity index (χ4n) is 3.72. The van der Waals surface area contributed by atoms with E-state index >= 15 is 0 Å². The van der Waals surface area contributed by atoms with E-state index in [9.17, 15) is 9.59 Å². The molecule has 0 radical (unpaired) electrons. The number of hydrogen-bond acceptors (Lipinski definition) is 8. The molecule has 0 unspecified atom stereocenters. The minimum absolute atomic E-state index is 0.271. The molecule has 2 amide bonds. The summed E-state index contributed by atoms with van der Waals surface area (Å²) in [6.07, 6.45) is 4.87. The van der Waals surface area contributed by atoms with Crippen molar-refractivity contribution in [2.45, 2.75) is 26.4 Å². The van der Waals surface area contributed by atoms with Crippen LogP contribution in [0.3, 0.4) is 0 Å². The number of pyridine rings is 1. The van der Waals surface area contributed by atoms with Gasteiger partial charge in [0.05, 0.1) is 12.2 Å². The molecule has 0 spiro atoms. The van der Waals surface area contributed by atoms with Crippen LogP contribution in [-0.4, -0.2) is 52.3 Å². The van der Waals surface area contributed by atoms with Crippen molar-refractivity contribution in [1.29, 1.82) is 0 Å². The van der Waals surface area contributed by atoms with Crippen LogP contribution < -0.4 is 21.3 Å². The second kappa shape index (κ2) is 10.7. The van der Waals surface area contributed by atoms with E-state index in [1.54, 1.807) is 19.3 Å². The van der Waals surface area contributed by atoms with E-state index in [-0.39, 0.29) is 5.91 Å². The quantitative estimate of drug-likeness (QED) is 0.359. The molecule has 176 valence electrons. The van der Waals surface area contributed by atoms with Crippen molar-refractivity contribution in [3.05, 3.63) is 65.1 Å². The lowest BCUT2D eigenvalue weighted by atomic mass is 10.0. The number of benzene rings is 1. The van der Waals surface area contributed by atoms with Gasteiger partial charge in [-0.05, 0) is 55.3 Å². The molecule has 2 aromatic heterocycles. The van der Waals surface area contributed by atoms with Gasteiger partial charge in [-0.15, -0.1) is 0 Å². The molecule has 3 heterocycles. The maximum atomic E-state index is 12.6. The standard InChI is InChI=1S/C24H28N8O2/c1-3-26-23(34)21-13-28-24(30-18-5-4-17-12-25-8-6-16(17)10-18)31-22(21)29-19-7-9-27-20(11-19)14-32(2)15-33/h4-5,7,9-11,13,15,25H,3,6,8,12,14H2,1-2H3,(H,26,34)(H2,27,28,29,30,31). The maximum Gasteiger partial charge on any atom is 0.256 e. The average Bonchev–Trinajstić information content (AvgIpc) is 2.84. The van der Waals surface area contributed by atoms with Crippen LogP contribution >= 0.6 is 0 Å². The Balaban J connectivity index is 1.61. The van der Waals surface area contributed by atoms with Gasteiger partial charge < -0.3 is 26.2 Å². The van der Waals surface area contributed by atoms with Crippen molar-refractivity contribution < 1.29 is 9.59 Å². The molecule has 34 heavy (non-hydrogen) atoms. The van der Waals surface area contributed by atoms with Crippen molar-refractivity contribution in [3.8, 4) is 0 Å². The number of carbonyl (C=O) groups is 2. The van der Waals surface area contributed by atoms with Gasteiger partial charge in [0, 0.05) is 43.9 Å². The lowest BCUT2D eigenvalue weighted by molar-refractivity contribution is -0.117. The van der Waals surface area contributed by atoms with Crippen LogP contribution in [0.1, 0.15) is 34.1 Å². The van der Waals surface area contributed by atoms with Crippen LogP contribution in [0.4, 0.5) is 23.1 Å². The number of hydrogen-bond donors (Lipinski definition) is 4. The van der Waals surface area contributed by atoms with Gasteiger partial charge in [0.1, 0.15) is 11.4 Å². The number of fused-ring (bicyclic) bond motifs is 1. The number of rotatable bonds is 9. The summed E-state index contributed by atoms with van der Waals surface area (Å²) in [4.78, 5) is 38.3. The molecular formula is C24H28N8O2. The Morgan fingerprint density at radius 1 is 1.15 bits per heavy atom. The first-order valence-electron chi connectivity index (χ1n) is 11.2. The Kier molecular flexibility index (Phi) is 7.28. The van der Waals surface area contributed by atoms with Crippen LogP contribution in [-0.2, 0) is 24.3 Å². The molecule has 1 aliphatic rings. The molecule has 0 saturated carbocycles. The zero-order chi connectivity index (χ0) is 23.9. The highest BCUT2D eigenvalue weighted by molar-refractivity contribution is 5.99. The third-order valence-corrected chi connectivity index (χ3v) is 5.39. The van der Waals surface area contributed by atoms with Gasteiger partial charge >= 0.3 is 0 Å². The molecule has 4 N–H and O–H groups in total. The Labute approximate surface area is 198 Å². The van der Waals surface area contributed by atoms with Crippen LogP contribution in [0.15, 0.2) is 42.7 Å². The summed E-state index contributed by atoms with van der Waals surface area (Å²) in [6.45, 7) is 4.54. The molecular weight excluding hydrogens is 432 g/mol. The monoisotopic (exact) mass is 460 g/mol. The molecule has 3 aromatic rings. The van der Waals surface area contributed by atoms with Crippen molar-refractivity contribution in [3.63, 3.8) is 0 Å². The van der Waals surface area contributed by atoms with Crippen molar-refractivity contribution in [1.82, 2.24) is 30.5 Å². The zero-order valence-corrected chi connectivity index (χ0v) is 19.3. The van der Waals surface area contributed by atoms with Gasteiger partial charge in [-0.2, -0.15) is 4.98 Å². The third kappa shape index (κ3) is 5.65. The average molecular weight is 461 g/mol. The molecule has 1 aliphatic heterocycles. The Morgan fingerprint density at radius 3 is 2.82 bits per heavy atom. The summed E-state index contributed by atoms with van der Waals surface area (Å²) < 4.78 is 0. The molecule has 0 saturated heterocycles. The van der Waals surface area contributed by atoms with E-state index in [0.717, 1.165) is 31.6 Å². The largest absolute Gasteiger partial charge is 0.352 e. The van der Waals surface area contributed by atoms with Crippen molar-refractivity contribution in [2.24, 2.45) is 0 Å². The molecule has 0 atom stereocenters. The van der Waals surface area contributed by atoms with Gasteiger partial charge in [0.2, 0.25) is 12.4 Å². The van der Waals surface area contributed by atoms with E-state index in [2.05, 4.69) is 48.4 Å². The fraction of sp³-hybridized carbons (Fsp3) is 0.292. The summed E-state index contributed by atoms with van der Waals surface area (Å²) in [5.74, 6) is 0.471. The first-order valence-corrected chi connectivity index (χ1v) is 11.2. The summed E-state index contributed by atoms with van der Waals surface area (Å²) in [6, 6.07) is 9.80. The maximum absolute atomic E-state index is 12.6. The molecule has 0 fully saturated rings. The van der Waals surface area contributed by atoms with E-state index in [1.807, 2.05) is 19.1 Å². The van der Waals surface area contributed by atoms with E-state index < -0.39 is 0 Å². The molecule has 0 bridgehead atoms. The first kappa shape index (κ1) is 23.1. The predicted molar refractivity (Wildman–Crippen MR) is 130 cm³/mol. The predicted octanol–water partition coefficient (Wildman–Crippen LogP) is 2.34. The Bertz CT molecular complexity index is 1180. The van der Waals surface area contributed by atoms with Crippen LogP contribution in [0.2, 0.25) is 0 Å². The Hall–Kier alpha value is -4.05. The number of amides is 2. The van der Waals surface area contributed by atoms with Crippen LogP contribution in [0.5, 0.6) is 0 Å². The molecule has 0 aliphatic carbocycles. The zero-order valence-electron chi connectivity index (χ0n) is 19.3. The number of nitrogens with zero attached hydrogens (tertiary/aromatic N) is 4. The molecule has 4 rings (SSSR count). The van der Waals surface area contributed by atoms with Gasteiger partial charge in [-0.25, -0.2) is 4.98 Å². The summed E-state index contributed by atoms with van der Waals surface area (Å²) in [5, 5.41) is 12.6. The Morgan fingerprint density at radius 2 is 2.00 bits per heavy atom. The highest BCUT2D eigenvalue weighted by Crippen LogP contribution is 2.24. The topological polar surface area (TPSA) is 124 Å². The van der Waals surface area contributed by atoms with Crippen LogP contribution in [0, 0.1) is 0 Å². The van der Waals surface area contributed by atoms with Crippen LogP contribution in [0.25, 0.3) is 0 Å². The second-order valence-corrected chi connectivity index (χ2v) is 8.03. The smallest absolute Gasteiger partial charge is 0.256 e. The highest BCUT2D eigenvalue weighted by Gasteiger charge is 2.16. The van der Waals surface area contributed by atoms with Crippen molar-refractivity contribution >= 4 is 35.5 Å². The van der Waals surface area contributed by atoms with Gasteiger partial charge in [0.15, 0.2) is 0 Å². The molecule has 1 aromatic carbocycles. The number of carbonyl (C=O) groups excluding carboxylic acids is 2. The minimum Gasteiger partial charge on any atom is -0.352 e. The number of nitrogens with one attached hydrogen (secondary N) is 4. The fourth-order valence-corrected chi connectivity index (χ4v) is 3.72. The number of anilines is 4. The van der Waals surface area contributed by atoms with E-state index in [0.29, 0.717) is 41.8 Å². The SMILES string of the molecule is CCNC(=O)c1cnc(Nc2ccc3c(c2)CCNC3)nc1Nc1ccnc(CN(C)C=O)c1. The normalized spacial score (nSPS) is 12.4. The first-order chi connectivity index (χ1) is 16.6. The number of aromatic nitrogens is 3. The lowest BCUT2D eigenvalue weighted by Gasteiger charge is -2.18. The van der Waals surface area contributed by atoms with Crippen molar-refractivity contribution in [2.75, 3.05) is 30.8 Å². The van der Waals surface area contributed by atoms with Gasteiger partial charge in [-0.1, -0.05) is 6.07 Å². The highest BCUT2D eigenvalue weighted by atomic mass is 16.1. The van der Waals surface area contributed by atoms with E-state index in [4.69, 9.17) is 0 Å². The second-order valence-electron chi connectivity index (χ2n) is 8.03. The molecule has 10 nitrogen and oxygen atoms in total. The van der Waals surface area contributed by atoms with E-state index in [1.165, 1.54) is 22.2 Å². The summed E-state index contributed by atoms with van der Waals surface area (Å²) >= 11 is 0. The summed E-state index contributed by atoms with van der Waals surface area (Å²) in [7, 11) is 1.68. The third-order valence-electron chi connectivity index (χ3n) is 5.39. The van der Waals surface area contributed by atoms with Gasteiger partial charge in [0.25, 0.3) is 5.91 Å². The lowest BCUT2D eigenvalue weighted by Crippen LogP contribution is -2.24. The van der Waals surface area contributed by atoms with Gasteiger partial charge in [-0.3, -0.25) is 14.6 Å². The minimum atomic E-state index is -0.271.